The van der Waals surface area contributed by atoms with Gasteiger partial charge >= 0.3 is 10.0 Å². The van der Waals surface area contributed by atoms with E-state index in [4.69, 9.17) is 0 Å². The first-order valence-corrected chi connectivity index (χ1v) is 10.5. The quantitative estimate of drug-likeness (QED) is 0.745. The lowest BCUT2D eigenvalue weighted by Gasteiger charge is -2.07. The topological polar surface area (TPSA) is 89.2 Å². The van der Waals surface area contributed by atoms with Crippen LogP contribution in [0.5, 0.6) is 0 Å². The average Bonchev–Trinajstić information content (AvgIpc) is 2.91. The smallest absolute Gasteiger partial charge is 0.322 e. The van der Waals surface area contributed by atoms with Crippen molar-refractivity contribution in [3.63, 3.8) is 0 Å². The van der Waals surface area contributed by atoms with Gasteiger partial charge in [0.25, 0.3) is 11.7 Å². The Bertz CT molecular complexity index is 933. The monoisotopic (exact) mass is 386 g/mol. The first kappa shape index (κ1) is 19.1. The Kier molecular flexibility index (Phi) is 5.91. The Balaban J connectivity index is 1.67. The van der Waals surface area contributed by atoms with Crippen LogP contribution in [0.1, 0.15) is 41.6 Å². The highest BCUT2D eigenvalue weighted by molar-refractivity contribution is 7.90. The first-order valence-electron chi connectivity index (χ1n) is 9.05. The maximum absolute atomic E-state index is 12.5. The molecule has 3 rings (SSSR count). The molecular formula is C20H24N3O3S+. The molecule has 0 aromatic heterocycles. The summed E-state index contributed by atoms with van der Waals surface area (Å²) in [5.41, 5.74) is 2.17. The third kappa shape index (κ3) is 5.17. The molecule has 3 N–H and O–H groups in total. The molecule has 0 radical (unpaired) electrons. The van der Waals surface area contributed by atoms with Crippen molar-refractivity contribution in [2.45, 2.75) is 37.5 Å². The Hall–Kier alpha value is -2.67. The van der Waals surface area contributed by atoms with Crippen LogP contribution >= 0.6 is 0 Å². The summed E-state index contributed by atoms with van der Waals surface area (Å²) in [7, 11) is -3.64. The molecule has 0 spiro atoms. The highest BCUT2D eigenvalue weighted by Gasteiger charge is 2.23. The van der Waals surface area contributed by atoms with Gasteiger partial charge in [0.05, 0.1) is 6.54 Å². The normalized spacial score (nSPS) is 14.8. The molecule has 142 valence electrons. The van der Waals surface area contributed by atoms with E-state index in [-0.39, 0.29) is 10.8 Å². The van der Waals surface area contributed by atoms with Crippen molar-refractivity contribution in [2.24, 2.45) is 0 Å². The Morgan fingerprint density at radius 1 is 0.963 bits per heavy atom. The largest absolute Gasteiger partial charge is 0.328 e. The summed E-state index contributed by atoms with van der Waals surface area (Å²) in [6.07, 6.45) is 3.80. The van der Waals surface area contributed by atoms with Crippen LogP contribution in [0.15, 0.2) is 53.4 Å². The summed E-state index contributed by atoms with van der Waals surface area (Å²) < 4.78 is 27.7. The molecule has 2 aromatic rings. The third-order valence-electron chi connectivity index (χ3n) is 4.44. The number of hydrogen-bond acceptors (Lipinski definition) is 3. The number of amides is 1. The zero-order valence-corrected chi connectivity index (χ0v) is 16.1. The van der Waals surface area contributed by atoms with Gasteiger partial charge in [-0.05, 0) is 62.6 Å². The predicted molar refractivity (Wildman–Crippen MR) is 105 cm³/mol. The molecule has 0 saturated heterocycles. The second-order valence-corrected chi connectivity index (χ2v) is 8.35. The van der Waals surface area contributed by atoms with Crippen molar-refractivity contribution in [1.29, 1.82) is 0 Å². The lowest BCUT2D eigenvalue weighted by molar-refractivity contribution is -0.459. The van der Waals surface area contributed by atoms with E-state index < -0.39 is 10.0 Å². The highest BCUT2D eigenvalue weighted by atomic mass is 32.2. The van der Waals surface area contributed by atoms with Gasteiger partial charge in [0.2, 0.25) is 0 Å². The fraction of sp³-hybridized carbons (Fsp3) is 0.300. The summed E-state index contributed by atoms with van der Waals surface area (Å²) in [5, 5.41) is 2.77. The lowest BCUT2D eigenvalue weighted by atomic mass is 10.1. The van der Waals surface area contributed by atoms with Crippen molar-refractivity contribution in [3.8, 4) is 0 Å². The van der Waals surface area contributed by atoms with Crippen LogP contribution in [0.4, 0.5) is 5.69 Å². The molecule has 0 bridgehead atoms. The van der Waals surface area contributed by atoms with Crippen LogP contribution in [0, 0.1) is 6.92 Å². The van der Waals surface area contributed by atoms with Crippen LogP contribution in [0.2, 0.25) is 0 Å². The van der Waals surface area contributed by atoms with Crippen molar-refractivity contribution in [1.82, 2.24) is 4.72 Å². The van der Waals surface area contributed by atoms with E-state index in [9.17, 15) is 13.2 Å². The number of benzene rings is 2. The molecule has 1 heterocycles. The average molecular weight is 386 g/mol. The molecule has 27 heavy (non-hydrogen) atoms. The molecule has 2 aromatic carbocycles. The Labute approximate surface area is 159 Å². The van der Waals surface area contributed by atoms with Gasteiger partial charge < -0.3 is 5.32 Å². The van der Waals surface area contributed by atoms with Crippen LogP contribution in [-0.4, -0.2) is 26.7 Å². The molecule has 0 unspecified atom stereocenters. The van der Waals surface area contributed by atoms with Crippen molar-refractivity contribution < 1.29 is 18.2 Å². The fourth-order valence-corrected chi connectivity index (χ4v) is 3.98. The minimum Gasteiger partial charge on any atom is -0.322 e. The molecule has 6 nitrogen and oxygen atoms in total. The molecule has 0 saturated carbocycles. The molecule has 0 aliphatic carbocycles. The molecule has 1 amide bonds. The maximum atomic E-state index is 12.5. The number of aryl methyl sites for hydroxylation is 1. The van der Waals surface area contributed by atoms with E-state index in [0.29, 0.717) is 23.5 Å². The van der Waals surface area contributed by atoms with Crippen LogP contribution < -0.4 is 15.0 Å². The Morgan fingerprint density at radius 2 is 1.67 bits per heavy atom. The number of rotatable bonds is 4. The van der Waals surface area contributed by atoms with Gasteiger partial charge in [-0.2, -0.15) is 13.1 Å². The van der Waals surface area contributed by atoms with Gasteiger partial charge in [0, 0.05) is 17.7 Å². The minimum absolute atomic E-state index is 0.161. The van der Waals surface area contributed by atoms with E-state index in [0.717, 1.165) is 31.4 Å². The maximum Gasteiger partial charge on any atom is 0.328 e. The molecule has 1 aliphatic heterocycles. The van der Waals surface area contributed by atoms with Gasteiger partial charge in [0.15, 0.2) is 0 Å². The summed E-state index contributed by atoms with van der Waals surface area (Å²) >= 11 is 0. The highest BCUT2D eigenvalue weighted by Crippen LogP contribution is 2.15. The van der Waals surface area contributed by atoms with Gasteiger partial charge in [-0.1, -0.05) is 17.7 Å². The number of carbonyl (C=O) groups excluding carboxylic acids is 1. The predicted octanol–water partition coefficient (Wildman–Crippen LogP) is 1.58. The van der Waals surface area contributed by atoms with Crippen LogP contribution in [0.3, 0.4) is 0 Å². The van der Waals surface area contributed by atoms with E-state index in [2.05, 4.69) is 15.0 Å². The molecule has 1 aliphatic rings. The number of carbonyl (C=O) groups is 1. The molecular weight excluding hydrogens is 362 g/mol. The summed E-state index contributed by atoms with van der Waals surface area (Å²) in [4.78, 5) is 15.5. The second kappa shape index (κ2) is 8.35. The third-order valence-corrected chi connectivity index (χ3v) is 5.84. The van der Waals surface area contributed by atoms with Gasteiger partial charge in [-0.25, -0.2) is 0 Å². The van der Waals surface area contributed by atoms with Gasteiger partial charge in [0.1, 0.15) is 4.90 Å². The van der Waals surface area contributed by atoms with Crippen molar-refractivity contribution >= 4 is 27.5 Å². The summed E-state index contributed by atoms with van der Waals surface area (Å²) in [6.45, 7) is 2.74. The number of anilines is 1. The summed E-state index contributed by atoms with van der Waals surface area (Å²) in [5.74, 6) is 0.409. The zero-order valence-electron chi connectivity index (χ0n) is 15.3. The fourth-order valence-electron chi connectivity index (χ4n) is 2.87. The Morgan fingerprint density at radius 3 is 2.37 bits per heavy atom. The zero-order chi connectivity index (χ0) is 19.3. The number of sulfonamides is 1. The minimum atomic E-state index is -3.64. The number of hydrogen-bond donors (Lipinski definition) is 3. The van der Waals surface area contributed by atoms with Crippen LogP contribution in [0.25, 0.3) is 0 Å². The van der Waals surface area contributed by atoms with Gasteiger partial charge in [-0.15, -0.1) is 0 Å². The van der Waals surface area contributed by atoms with Crippen molar-refractivity contribution in [3.05, 3.63) is 59.7 Å². The molecule has 0 atom stereocenters. The lowest BCUT2D eigenvalue weighted by Crippen LogP contribution is -2.76. The standard InChI is InChI=1S/C20H23N3O3S/c1-15-6-8-16(9-7-15)20(24)22-17-10-12-18(13-11-17)27(25,26)23-19-5-3-2-4-14-21-19/h6-13H,2-5,14H2,1H3,(H,21,23)(H,22,24)/p+1. The number of nitrogens with one attached hydrogen (secondary N) is 3. The van der Waals surface area contributed by atoms with E-state index in [1.54, 1.807) is 24.3 Å². The van der Waals surface area contributed by atoms with E-state index in [1.807, 2.05) is 19.1 Å². The SMILES string of the molecule is Cc1ccc(C(=O)Nc2ccc(S(=O)(=O)NC3=[NH+]CCCCC3)cc2)cc1. The number of amidine groups is 1. The second-order valence-electron chi connectivity index (χ2n) is 6.67. The summed E-state index contributed by atoms with van der Waals surface area (Å²) in [6, 6.07) is 13.4. The first-order chi connectivity index (χ1) is 12.9. The molecule has 7 heteroatoms. The van der Waals surface area contributed by atoms with Gasteiger partial charge in [-0.3, -0.25) is 9.79 Å². The van der Waals surface area contributed by atoms with E-state index in [1.165, 1.54) is 12.1 Å². The van der Waals surface area contributed by atoms with Crippen molar-refractivity contribution in [2.75, 3.05) is 11.9 Å². The molecule has 0 fully saturated rings. The van der Waals surface area contributed by atoms with E-state index >= 15 is 0 Å². The van der Waals surface area contributed by atoms with Crippen LogP contribution in [-0.2, 0) is 10.0 Å².